The number of nitrogens with one attached hydrogen (secondary N) is 2. The van der Waals surface area contributed by atoms with Gasteiger partial charge in [-0.3, -0.25) is 0 Å². The molecular weight excluding hydrogens is 290 g/mol. The van der Waals surface area contributed by atoms with E-state index in [0.29, 0.717) is 12.6 Å². The Morgan fingerprint density at radius 3 is 2.52 bits per heavy atom. The van der Waals surface area contributed by atoms with Crippen molar-refractivity contribution in [1.29, 1.82) is 0 Å². The lowest BCUT2D eigenvalue weighted by Crippen LogP contribution is -2.21. The lowest BCUT2D eigenvalue weighted by Gasteiger charge is -2.12. The third kappa shape index (κ3) is 5.75. The van der Waals surface area contributed by atoms with Crippen LogP contribution in [0.4, 0.5) is 17.5 Å². The maximum absolute atomic E-state index is 5.45. The van der Waals surface area contributed by atoms with Gasteiger partial charge in [0.05, 0.1) is 6.61 Å². The minimum Gasteiger partial charge on any atom is -0.494 e. The molecule has 0 saturated heterocycles. The van der Waals surface area contributed by atoms with E-state index in [1.807, 2.05) is 58.3 Å². The Kier molecular flexibility index (Phi) is 6.17. The summed E-state index contributed by atoms with van der Waals surface area (Å²) in [5.41, 5.74) is 1.88. The van der Waals surface area contributed by atoms with Gasteiger partial charge in [0.15, 0.2) is 0 Å². The van der Waals surface area contributed by atoms with Crippen LogP contribution in [0.15, 0.2) is 30.3 Å². The quantitative estimate of drug-likeness (QED) is 0.781. The van der Waals surface area contributed by atoms with Gasteiger partial charge in [-0.05, 0) is 52.2 Å². The molecule has 2 N–H and O–H groups in total. The van der Waals surface area contributed by atoms with E-state index in [9.17, 15) is 0 Å². The van der Waals surface area contributed by atoms with Gasteiger partial charge in [-0.1, -0.05) is 0 Å². The number of aromatic nitrogens is 2. The largest absolute Gasteiger partial charge is 0.494 e. The summed E-state index contributed by atoms with van der Waals surface area (Å²) < 4.78 is 5.45. The van der Waals surface area contributed by atoms with E-state index >= 15 is 0 Å². The zero-order valence-corrected chi connectivity index (χ0v) is 14.3. The van der Waals surface area contributed by atoms with Crippen LogP contribution in [-0.4, -0.2) is 48.7 Å². The second-order valence-electron chi connectivity index (χ2n) is 5.53. The minimum absolute atomic E-state index is 0.639. The first-order valence-corrected chi connectivity index (χ1v) is 7.81. The Morgan fingerprint density at radius 2 is 1.87 bits per heavy atom. The van der Waals surface area contributed by atoms with Crippen LogP contribution in [0.2, 0.25) is 0 Å². The van der Waals surface area contributed by atoms with Gasteiger partial charge < -0.3 is 20.3 Å². The van der Waals surface area contributed by atoms with Crippen molar-refractivity contribution in [3.63, 3.8) is 0 Å². The van der Waals surface area contributed by atoms with Crippen molar-refractivity contribution in [2.24, 2.45) is 0 Å². The fraction of sp³-hybridized carbons (Fsp3) is 0.412. The number of nitrogens with zero attached hydrogens (tertiary/aromatic N) is 3. The third-order valence-electron chi connectivity index (χ3n) is 3.13. The molecular formula is C17H25N5O. The second-order valence-corrected chi connectivity index (χ2v) is 5.53. The van der Waals surface area contributed by atoms with E-state index in [1.165, 1.54) is 0 Å². The summed E-state index contributed by atoms with van der Waals surface area (Å²) in [6.45, 7) is 6.33. The first-order valence-electron chi connectivity index (χ1n) is 7.81. The molecule has 0 radical (unpaired) electrons. The van der Waals surface area contributed by atoms with Gasteiger partial charge in [0, 0.05) is 30.5 Å². The lowest BCUT2D eigenvalue weighted by molar-refractivity contribution is 0.340. The predicted molar refractivity (Wildman–Crippen MR) is 94.7 cm³/mol. The molecule has 0 unspecified atom stereocenters. The van der Waals surface area contributed by atoms with Crippen LogP contribution in [-0.2, 0) is 0 Å². The van der Waals surface area contributed by atoms with Gasteiger partial charge in [-0.2, -0.15) is 4.98 Å². The van der Waals surface area contributed by atoms with Crippen LogP contribution in [0.3, 0.4) is 0 Å². The van der Waals surface area contributed by atoms with Gasteiger partial charge in [0.25, 0.3) is 0 Å². The van der Waals surface area contributed by atoms with Crippen LogP contribution in [0.25, 0.3) is 0 Å². The van der Waals surface area contributed by atoms with Crippen molar-refractivity contribution in [2.75, 3.05) is 44.4 Å². The summed E-state index contributed by atoms with van der Waals surface area (Å²) in [5.74, 6) is 2.28. The molecule has 0 aliphatic rings. The first-order chi connectivity index (χ1) is 11.1. The minimum atomic E-state index is 0.639. The van der Waals surface area contributed by atoms with Crippen molar-refractivity contribution < 1.29 is 4.74 Å². The maximum atomic E-state index is 5.45. The van der Waals surface area contributed by atoms with Crippen molar-refractivity contribution in [3.8, 4) is 5.75 Å². The first kappa shape index (κ1) is 17.0. The molecule has 1 aromatic heterocycles. The van der Waals surface area contributed by atoms with Crippen molar-refractivity contribution >= 4 is 17.5 Å². The number of benzene rings is 1. The summed E-state index contributed by atoms with van der Waals surface area (Å²) in [6, 6.07) is 9.75. The molecule has 0 saturated carbocycles. The highest BCUT2D eigenvalue weighted by molar-refractivity contribution is 5.58. The molecule has 0 spiro atoms. The van der Waals surface area contributed by atoms with Crippen molar-refractivity contribution in [3.05, 3.63) is 36.0 Å². The summed E-state index contributed by atoms with van der Waals surface area (Å²) in [6.07, 6.45) is 0. The summed E-state index contributed by atoms with van der Waals surface area (Å²) >= 11 is 0. The fourth-order valence-corrected chi connectivity index (χ4v) is 2.05. The smallest absolute Gasteiger partial charge is 0.224 e. The van der Waals surface area contributed by atoms with Gasteiger partial charge in [0.1, 0.15) is 11.6 Å². The molecule has 2 rings (SSSR count). The number of hydrogen-bond donors (Lipinski definition) is 2. The number of ether oxygens (including phenoxy) is 1. The number of anilines is 3. The number of likely N-dealkylation sites (N-methyl/N-ethyl adjacent to an activating group) is 1. The van der Waals surface area contributed by atoms with Crippen LogP contribution < -0.4 is 15.4 Å². The topological polar surface area (TPSA) is 62.3 Å². The van der Waals surface area contributed by atoms with E-state index in [-0.39, 0.29) is 0 Å². The molecule has 2 aromatic rings. The van der Waals surface area contributed by atoms with Gasteiger partial charge in [-0.15, -0.1) is 0 Å². The van der Waals surface area contributed by atoms with Crippen LogP contribution >= 0.6 is 0 Å². The Labute approximate surface area is 137 Å². The normalized spacial score (nSPS) is 10.7. The molecule has 1 heterocycles. The molecule has 6 nitrogen and oxygen atoms in total. The molecule has 6 heteroatoms. The molecule has 1 aromatic carbocycles. The molecule has 0 fully saturated rings. The Bertz CT molecular complexity index is 613. The zero-order chi connectivity index (χ0) is 16.7. The van der Waals surface area contributed by atoms with Crippen molar-refractivity contribution in [2.45, 2.75) is 13.8 Å². The number of hydrogen-bond acceptors (Lipinski definition) is 6. The highest BCUT2D eigenvalue weighted by Crippen LogP contribution is 2.20. The molecule has 0 bridgehead atoms. The predicted octanol–water partition coefficient (Wildman–Crippen LogP) is 2.90. The van der Waals surface area contributed by atoms with E-state index in [1.54, 1.807) is 0 Å². The Morgan fingerprint density at radius 1 is 1.13 bits per heavy atom. The van der Waals surface area contributed by atoms with Crippen LogP contribution in [0.5, 0.6) is 5.75 Å². The number of rotatable bonds is 8. The molecule has 124 valence electrons. The highest BCUT2D eigenvalue weighted by Gasteiger charge is 2.03. The molecule has 0 aliphatic heterocycles. The van der Waals surface area contributed by atoms with Gasteiger partial charge >= 0.3 is 0 Å². The molecule has 0 amide bonds. The Hall–Kier alpha value is -2.34. The van der Waals surface area contributed by atoms with E-state index in [0.717, 1.165) is 36.0 Å². The molecule has 0 atom stereocenters. The summed E-state index contributed by atoms with van der Waals surface area (Å²) in [4.78, 5) is 11.0. The van der Waals surface area contributed by atoms with E-state index in [2.05, 4.69) is 25.5 Å². The fourth-order valence-electron chi connectivity index (χ4n) is 2.05. The van der Waals surface area contributed by atoms with Gasteiger partial charge in [0.2, 0.25) is 5.95 Å². The average molecular weight is 315 g/mol. The lowest BCUT2D eigenvalue weighted by atomic mass is 10.3. The van der Waals surface area contributed by atoms with E-state index < -0.39 is 0 Å². The van der Waals surface area contributed by atoms with Gasteiger partial charge in [-0.25, -0.2) is 4.98 Å². The zero-order valence-electron chi connectivity index (χ0n) is 14.3. The maximum Gasteiger partial charge on any atom is 0.224 e. The number of aryl methyl sites for hydroxylation is 1. The van der Waals surface area contributed by atoms with E-state index in [4.69, 9.17) is 4.74 Å². The average Bonchev–Trinajstić information content (AvgIpc) is 2.48. The summed E-state index contributed by atoms with van der Waals surface area (Å²) in [7, 11) is 4.08. The summed E-state index contributed by atoms with van der Waals surface area (Å²) in [5, 5.41) is 6.54. The van der Waals surface area contributed by atoms with Crippen molar-refractivity contribution in [1.82, 2.24) is 14.9 Å². The third-order valence-corrected chi connectivity index (χ3v) is 3.13. The SMILES string of the molecule is CCOc1ccc(Nc2cc(C)nc(NCCN(C)C)n2)cc1. The second kappa shape index (κ2) is 8.33. The molecule has 23 heavy (non-hydrogen) atoms. The standard InChI is InChI=1S/C17H25N5O/c1-5-23-15-8-6-14(7-9-15)20-16-12-13(2)19-17(21-16)18-10-11-22(3)4/h6-9,12H,5,10-11H2,1-4H3,(H2,18,19,20,21). The van der Waals surface area contributed by atoms with Crippen LogP contribution in [0, 0.1) is 6.92 Å². The molecule has 0 aliphatic carbocycles. The Balaban J connectivity index is 2.02. The van der Waals surface area contributed by atoms with Crippen LogP contribution in [0.1, 0.15) is 12.6 Å². The highest BCUT2D eigenvalue weighted by atomic mass is 16.5. The monoisotopic (exact) mass is 315 g/mol.